The van der Waals surface area contributed by atoms with Crippen LogP contribution in [-0.4, -0.2) is 28.7 Å². The minimum atomic E-state index is -4.28. The summed E-state index contributed by atoms with van der Waals surface area (Å²) in [7, 11) is 0. The normalized spacial score (nSPS) is 11.2. The first-order chi connectivity index (χ1) is 7.90. The number of rotatable bonds is 4. The first-order valence-corrected chi connectivity index (χ1v) is 5.57. The lowest BCUT2D eigenvalue weighted by atomic mass is 10.2. The van der Waals surface area contributed by atoms with Gasteiger partial charge < -0.3 is 11.1 Å². The number of thioether (sulfide) groups is 1. The number of nitrogens with two attached hydrogens (primary N) is 1. The zero-order valence-corrected chi connectivity index (χ0v) is 9.44. The van der Waals surface area contributed by atoms with E-state index in [1.54, 1.807) is 0 Å². The van der Waals surface area contributed by atoms with Gasteiger partial charge in [-0.25, -0.2) is 0 Å². The summed E-state index contributed by atoms with van der Waals surface area (Å²) in [6.45, 7) is -0.0860. The number of aromatic nitrogens is 1. The number of hydrogen-bond acceptors (Lipinski definition) is 4. The Morgan fingerprint density at radius 1 is 1.53 bits per heavy atom. The zero-order valence-electron chi connectivity index (χ0n) is 8.62. The van der Waals surface area contributed by atoms with Gasteiger partial charge in [0.2, 0.25) is 0 Å². The molecule has 0 unspecified atom stereocenters. The molecular weight excluding hydrogens is 255 g/mol. The summed E-state index contributed by atoms with van der Waals surface area (Å²) in [5, 5.41) is 2.33. The van der Waals surface area contributed by atoms with Gasteiger partial charge in [0, 0.05) is 30.4 Å². The fourth-order valence-corrected chi connectivity index (χ4v) is 1.46. The molecule has 0 saturated heterocycles. The molecule has 0 bridgehead atoms. The van der Waals surface area contributed by atoms with Gasteiger partial charge in [-0.1, -0.05) is 0 Å². The third-order valence-corrected chi connectivity index (χ3v) is 2.49. The molecule has 17 heavy (non-hydrogen) atoms. The molecule has 0 aliphatic rings. The van der Waals surface area contributed by atoms with Crippen molar-refractivity contribution in [3.8, 4) is 0 Å². The monoisotopic (exact) mass is 265 g/mol. The van der Waals surface area contributed by atoms with E-state index in [9.17, 15) is 18.0 Å². The molecule has 0 aliphatic carbocycles. The van der Waals surface area contributed by atoms with E-state index in [0.29, 0.717) is 0 Å². The molecular formula is C9H10F3N3OS. The first kappa shape index (κ1) is 13.6. The van der Waals surface area contributed by atoms with Crippen molar-refractivity contribution in [2.75, 3.05) is 18.0 Å². The highest BCUT2D eigenvalue weighted by Crippen LogP contribution is 2.29. The maximum Gasteiger partial charge on any atom is 0.441 e. The predicted octanol–water partition coefficient (Wildman–Crippen LogP) is 1.65. The number of pyridine rings is 1. The highest BCUT2D eigenvalue weighted by Gasteiger charge is 2.27. The summed E-state index contributed by atoms with van der Waals surface area (Å²) < 4.78 is 35.4. The van der Waals surface area contributed by atoms with Crippen molar-refractivity contribution in [1.29, 1.82) is 0 Å². The lowest BCUT2D eigenvalue weighted by Gasteiger charge is -2.08. The van der Waals surface area contributed by atoms with Gasteiger partial charge in [-0.05, 0) is 17.8 Å². The van der Waals surface area contributed by atoms with Crippen molar-refractivity contribution < 1.29 is 18.0 Å². The van der Waals surface area contributed by atoms with Gasteiger partial charge in [0.15, 0.2) is 0 Å². The lowest BCUT2D eigenvalue weighted by molar-refractivity contribution is -0.0327. The molecule has 4 nitrogen and oxygen atoms in total. The minimum Gasteiger partial charge on any atom is -0.398 e. The SMILES string of the molecule is Nc1ccncc1C(=O)NCCSC(F)(F)F. The second kappa shape index (κ2) is 5.76. The van der Waals surface area contributed by atoms with E-state index in [0.717, 1.165) is 0 Å². The Bertz CT molecular complexity index is 397. The Labute approximate surface area is 99.8 Å². The van der Waals surface area contributed by atoms with Crippen LogP contribution in [0.15, 0.2) is 18.5 Å². The van der Waals surface area contributed by atoms with Crippen molar-refractivity contribution in [3.63, 3.8) is 0 Å². The van der Waals surface area contributed by atoms with Crippen molar-refractivity contribution in [2.45, 2.75) is 5.51 Å². The summed E-state index contributed by atoms with van der Waals surface area (Å²) in [4.78, 5) is 15.2. The van der Waals surface area contributed by atoms with Crippen molar-refractivity contribution in [3.05, 3.63) is 24.0 Å². The van der Waals surface area contributed by atoms with Gasteiger partial charge in [0.05, 0.1) is 5.56 Å². The Hall–Kier alpha value is -1.44. The third kappa shape index (κ3) is 4.94. The Kier molecular flexibility index (Phi) is 4.62. The number of carbonyl (C=O) groups excluding carboxylic acids is 1. The van der Waals surface area contributed by atoms with E-state index < -0.39 is 11.4 Å². The van der Waals surface area contributed by atoms with Gasteiger partial charge >= 0.3 is 5.51 Å². The van der Waals surface area contributed by atoms with Crippen molar-refractivity contribution >= 4 is 23.4 Å². The van der Waals surface area contributed by atoms with E-state index in [2.05, 4.69) is 10.3 Å². The third-order valence-electron chi connectivity index (χ3n) is 1.75. The van der Waals surface area contributed by atoms with Crippen LogP contribution in [0.1, 0.15) is 10.4 Å². The molecule has 1 heterocycles. The molecule has 3 N–H and O–H groups in total. The summed E-state index contributed by atoms with van der Waals surface area (Å²) in [6.07, 6.45) is 2.69. The molecule has 1 rings (SSSR count). The molecule has 0 aromatic carbocycles. The van der Waals surface area contributed by atoms with E-state index in [4.69, 9.17) is 5.73 Å². The van der Waals surface area contributed by atoms with Crippen LogP contribution in [0.3, 0.4) is 0 Å². The number of anilines is 1. The van der Waals surface area contributed by atoms with Gasteiger partial charge in [-0.15, -0.1) is 0 Å². The second-order valence-corrected chi connectivity index (χ2v) is 4.17. The number of hydrogen-bond donors (Lipinski definition) is 2. The molecule has 8 heteroatoms. The van der Waals surface area contributed by atoms with Crippen LogP contribution >= 0.6 is 11.8 Å². The van der Waals surface area contributed by atoms with Crippen molar-refractivity contribution in [2.24, 2.45) is 0 Å². The highest BCUT2D eigenvalue weighted by molar-refractivity contribution is 8.00. The van der Waals surface area contributed by atoms with Gasteiger partial charge in [0.25, 0.3) is 5.91 Å². The number of amides is 1. The summed E-state index contributed by atoms with van der Waals surface area (Å²) in [6, 6.07) is 1.44. The van der Waals surface area contributed by atoms with Crippen LogP contribution < -0.4 is 11.1 Å². The quantitative estimate of drug-likeness (QED) is 0.812. The van der Waals surface area contributed by atoms with Crippen LogP contribution in [0.2, 0.25) is 0 Å². The summed E-state index contributed by atoms with van der Waals surface area (Å²) in [5.41, 5.74) is 1.62. The fraction of sp³-hybridized carbons (Fsp3) is 0.333. The van der Waals surface area contributed by atoms with E-state index in [-0.39, 0.29) is 35.3 Å². The Morgan fingerprint density at radius 3 is 2.82 bits per heavy atom. The molecule has 0 saturated carbocycles. The van der Waals surface area contributed by atoms with Crippen LogP contribution in [0.5, 0.6) is 0 Å². The number of nitrogens with zero attached hydrogens (tertiary/aromatic N) is 1. The molecule has 0 fully saturated rings. The van der Waals surface area contributed by atoms with Crippen LogP contribution in [-0.2, 0) is 0 Å². The summed E-state index contributed by atoms with van der Waals surface area (Å²) >= 11 is -0.187. The predicted molar refractivity (Wildman–Crippen MR) is 59.5 cm³/mol. The van der Waals surface area contributed by atoms with E-state index in [1.807, 2.05) is 0 Å². The van der Waals surface area contributed by atoms with Crippen LogP contribution in [0, 0.1) is 0 Å². The molecule has 0 atom stereocenters. The highest BCUT2D eigenvalue weighted by atomic mass is 32.2. The smallest absolute Gasteiger partial charge is 0.398 e. The number of alkyl halides is 3. The molecule has 0 spiro atoms. The molecule has 0 aliphatic heterocycles. The maximum atomic E-state index is 11.8. The summed E-state index contributed by atoms with van der Waals surface area (Å²) in [5.74, 6) is -0.770. The number of nitrogens with one attached hydrogen (secondary N) is 1. The molecule has 0 radical (unpaired) electrons. The van der Waals surface area contributed by atoms with Crippen LogP contribution in [0.25, 0.3) is 0 Å². The zero-order chi connectivity index (χ0) is 12.9. The fourth-order valence-electron chi connectivity index (χ4n) is 1.02. The standard InChI is InChI=1S/C9H10F3N3OS/c10-9(11,12)17-4-3-15-8(16)6-5-14-2-1-7(6)13/h1-2,5H,3-4H2,(H2,13,14)(H,15,16). The van der Waals surface area contributed by atoms with Crippen LogP contribution in [0.4, 0.5) is 18.9 Å². The molecule has 1 aromatic rings. The van der Waals surface area contributed by atoms with Gasteiger partial charge in [0.1, 0.15) is 0 Å². The van der Waals surface area contributed by atoms with Crippen molar-refractivity contribution in [1.82, 2.24) is 10.3 Å². The maximum absolute atomic E-state index is 11.8. The molecule has 1 aromatic heterocycles. The number of nitrogen functional groups attached to an aromatic ring is 1. The Morgan fingerprint density at radius 2 is 2.24 bits per heavy atom. The van der Waals surface area contributed by atoms with E-state index >= 15 is 0 Å². The molecule has 94 valence electrons. The minimum absolute atomic E-state index is 0.0860. The first-order valence-electron chi connectivity index (χ1n) is 4.58. The molecule has 1 amide bonds. The average Bonchev–Trinajstić information content (AvgIpc) is 2.23. The van der Waals surface area contributed by atoms with E-state index in [1.165, 1.54) is 18.5 Å². The van der Waals surface area contributed by atoms with Gasteiger partial charge in [-0.2, -0.15) is 13.2 Å². The Balaban J connectivity index is 2.39. The second-order valence-electron chi connectivity index (χ2n) is 3.01. The largest absolute Gasteiger partial charge is 0.441 e. The average molecular weight is 265 g/mol. The number of halogens is 3. The lowest BCUT2D eigenvalue weighted by Crippen LogP contribution is -2.27. The van der Waals surface area contributed by atoms with Gasteiger partial charge in [-0.3, -0.25) is 9.78 Å². The number of carbonyl (C=O) groups is 1. The topological polar surface area (TPSA) is 68.0 Å².